The van der Waals surface area contributed by atoms with E-state index in [9.17, 15) is 4.79 Å². The fraction of sp³-hybridized carbons (Fsp3) is 0.947. The second kappa shape index (κ2) is 8.33. The molecule has 0 N–H and O–H groups in total. The van der Waals surface area contributed by atoms with Gasteiger partial charge in [0.25, 0.3) is 0 Å². The Hall–Kier alpha value is -0.570. The summed E-state index contributed by atoms with van der Waals surface area (Å²) in [6.07, 6.45) is 5.58. The van der Waals surface area contributed by atoms with Crippen molar-refractivity contribution in [3.63, 3.8) is 0 Å². The predicted molar refractivity (Wildman–Crippen MR) is 95.0 cm³/mol. The first-order chi connectivity index (χ1) is 10.2. The molecule has 3 nitrogen and oxygen atoms in total. The molecule has 0 bridgehead atoms. The third kappa shape index (κ3) is 5.57. The Morgan fingerprint density at radius 2 is 1.95 bits per heavy atom. The van der Waals surface area contributed by atoms with Crippen LogP contribution in [0.2, 0.25) is 0 Å². The molecule has 3 heteroatoms. The molecule has 1 aliphatic rings. The molecule has 1 heterocycles. The van der Waals surface area contributed by atoms with Crippen LogP contribution >= 0.6 is 0 Å². The Morgan fingerprint density at radius 1 is 1.32 bits per heavy atom. The first-order valence-corrected chi connectivity index (χ1v) is 9.19. The maximum Gasteiger partial charge on any atom is 0.223 e. The van der Waals surface area contributed by atoms with E-state index in [-0.39, 0.29) is 5.41 Å². The van der Waals surface area contributed by atoms with Crippen molar-refractivity contribution in [1.82, 2.24) is 9.80 Å². The van der Waals surface area contributed by atoms with E-state index in [2.05, 4.69) is 46.4 Å². The van der Waals surface area contributed by atoms with E-state index in [1.165, 1.54) is 32.2 Å². The van der Waals surface area contributed by atoms with Gasteiger partial charge in [-0.15, -0.1) is 0 Å². The Kier molecular flexibility index (Phi) is 7.37. The quantitative estimate of drug-likeness (QED) is 0.735. The van der Waals surface area contributed by atoms with Crippen LogP contribution in [0.1, 0.15) is 73.6 Å². The van der Waals surface area contributed by atoms with Gasteiger partial charge in [0.15, 0.2) is 0 Å². The molecule has 1 saturated heterocycles. The number of likely N-dealkylation sites (N-methyl/N-ethyl adjacent to an activating group) is 1. The Bertz CT molecular complexity index is 348. The molecular weight excluding hydrogens is 272 g/mol. The maximum atomic E-state index is 12.6. The number of hydrogen-bond donors (Lipinski definition) is 0. The van der Waals surface area contributed by atoms with Crippen LogP contribution in [0.4, 0.5) is 0 Å². The van der Waals surface area contributed by atoms with Gasteiger partial charge in [0.2, 0.25) is 5.91 Å². The summed E-state index contributed by atoms with van der Waals surface area (Å²) in [5.74, 6) is 0.902. The zero-order valence-corrected chi connectivity index (χ0v) is 16.0. The standard InChI is InChI=1S/C19H38N2O/c1-8-10-16(9-2)21-12-11-15(3)17(14-21)20(7)18(22)13-19(4,5)6/h15-17H,8-14H2,1-7H3. The number of nitrogens with zero attached hydrogens (tertiary/aromatic N) is 2. The minimum absolute atomic E-state index is 0.0666. The SMILES string of the molecule is CCCC(CC)N1CCC(C)C(N(C)C(=O)CC(C)(C)C)C1. The minimum Gasteiger partial charge on any atom is -0.341 e. The molecule has 3 unspecified atom stereocenters. The molecule has 0 aromatic rings. The molecule has 1 amide bonds. The van der Waals surface area contributed by atoms with Gasteiger partial charge in [-0.05, 0) is 37.1 Å². The molecule has 0 spiro atoms. The van der Waals surface area contributed by atoms with E-state index >= 15 is 0 Å². The highest BCUT2D eigenvalue weighted by molar-refractivity contribution is 5.76. The van der Waals surface area contributed by atoms with Crippen LogP contribution in [0, 0.1) is 11.3 Å². The summed E-state index contributed by atoms with van der Waals surface area (Å²) in [6.45, 7) is 15.5. The number of hydrogen-bond acceptors (Lipinski definition) is 2. The van der Waals surface area contributed by atoms with Crippen LogP contribution in [0.15, 0.2) is 0 Å². The van der Waals surface area contributed by atoms with E-state index < -0.39 is 0 Å². The van der Waals surface area contributed by atoms with Gasteiger partial charge in [0.05, 0.1) is 0 Å². The maximum absolute atomic E-state index is 12.6. The lowest BCUT2D eigenvalue weighted by molar-refractivity contribution is -0.136. The normalized spacial score (nSPS) is 25.0. The van der Waals surface area contributed by atoms with Gasteiger partial charge in [-0.3, -0.25) is 9.69 Å². The first-order valence-electron chi connectivity index (χ1n) is 9.19. The molecule has 0 aromatic heterocycles. The van der Waals surface area contributed by atoms with Crippen LogP contribution in [0.25, 0.3) is 0 Å². The molecule has 1 aliphatic heterocycles. The fourth-order valence-electron chi connectivity index (χ4n) is 3.65. The molecule has 130 valence electrons. The third-order valence-electron chi connectivity index (χ3n) is 5.13. The highest BCUT2D eigenvalue weighted by Crippen LogP contribution is 2.27. The lowest BCUT2D eigenvalue weighted by Gasteiger charge is -2.45. The van der Waals surface area contributed by atoms with E-state index in [1.807, 2.05) is 11.9 Å². The monoisotopic (exact) mass is 310 g/mol. The van der Waals surface area contributed by atoms with Crippen molar-refractivity contribution in [3.05, 3.63) is 0 Å². The van der Waals surface area contributed by atoms with Gasteiger partial charge in [0, 0.05) is 32.1 Å². The first kappa shape index (κ1) is 19.5. The summed E-state index contributed by atoms with van der Waals surface area (Å²) >= 11 is 0. The van der Waals surface area contributed by atoms with Gasteiger partial charge in [-0.25, -0.2) is 0 Å². The van der Waals surface area contributed by atoms with Crippen molar-refractivity contribution >= 4 is 5.91 Å². The predicted octanol–water partition coefficient (Wildman–Crippen LogP) is 4.17. The molecule has 22 heavy (non-hydrogen) atoms. The Morgan fingerprint density at radius 3 is 2.45 bits per heavy atom. The molecular formula is C19H38N2O. The van der Waals surface area contributed by atoms with E-state index in [1.54, 1.807) is 0 Å². The molecule has 1 fully saturated rings. The summed E-state index contributed by atoms with van der Waals surface area (Å²) in [5, 5.41) is 0. The van der Waals surface area contributed by atoms with Crippen molar-refractivity contribution in [2.75, 3.05) is 20.1 Å². The van der Waals surface area contributed by atoms with Gasteiger partial charge < -0.3 is 4.90 Å². The summed E-state index contributed by atoms with van der Waals surface area (Å²) in [5.41, 5.74) is 0.0666. The smallest absolute Gasteiger partial charge is 0.223 e. The largest absolute Gasteiger partial charge is 0.341 e. The molecule has 0 aliphatic carbocycles. The number of piperidine rings is 1. The molecule has 3 atom stereocenters. The van der Waals surface area contributed by atoms with Crippen molar-refractivity contribution in [2.24, 2.45) is 11.3 Å². The average molecular weight is 311 g/mol. The van der Waals surface area contributed by atoms with E-state index in [0.29, 0.717) is 30.3 Å². The van der Waals surface area contributed by atoms with Crippen LogP contribution in [0.5, 0.6) is 0 Å². The Balaban J connectivity index is 2.72. The van der Waals surface area contributed by atoms with Crippen LogP contribution in [-0.2, 0) is 4.79 Å². The lowest BCUT2D eigenvalue weighted by Crippen LogP contribution is -2.55. The van der Waals surface area contributed by atoms with Crippen molar-refractivity contribution in [1.29, 1.82) is 0 Å². The summed E-state index contributed by atoms with van der Waals surface area (Å²) in [6, 6.07) is 1.06. The summed E-state index contributed by atoms with van der Waals surface area (Å²) in [7, 11) is 2.01. The molecule has 0 saturated carbocycles. The second-order valence-electron chi connectivity index (χ2n) is 8.42. The van der Waals surface area contributed by atoms with Gasteiger partial charge in [-0.1, -0.05) is 48.0 Å². The van der Waals surface area contributed by atoms with Crippen LogP contribution in [-0.4, -0.2) is 47.9 Å². The zero-order chi connectivity index (χ0) is 16.9. The molecule has 1 rings (SSSR count). The minimum atomic E-state index is 0.0666. The highest BCUT2D eigenvalue weighted by atomic mass is 16.2. The molecule has 0 aromatic carbocycles. The van der Waals surface area contributed by atoms with Crippen LogP contribution in [0.3, 0.4) is 0 Å². The van der Waals surface area contributed by atoms with Gasteiger partial charge in [-0.2, -0.15) is 0 Å². The van der Waals surface area contributed by atoms with Crippen molar-refractivity contribution < 1.29 is 4.79 Å². The summed E-state index contributed by atoms with van der Waals surface area (Å²) in [4.78, 5) is 17.3. The average Bonchev–Trinajstić information content (AvgIpc) is 2.43. The Labute approximate surface area is 138 Å². The summed E-state index contributed by atoms with van der Waals surface area (Å²) < 4.78 is 0. The van der Waals surface area contributed by atoms with Crippen molar-refractivity contribution in [3.8, 4) is 0 Å². The highest BCUT2D eigenvalue weighted by Gasteiger charge is 2.34. The number of carbonyl (C=O) groups is 1. The van der Waals surface area contributed by atoms with Gasteiger partial charge >= 0.3 is 0 Å². The van der Waals surface area contributed by atoms with Crippen LogP contribution < -0.4 is 0 Å². The van der Waals surface area contributed by atoms with E-state index in [0.717, 1.165) is 6.54 Å². The lowest BCUT2D eigenvalue weighted by atomic mass is 9.88. The third-order valence-corrected chi connectivity index (χ3v) is 5.13. The molecule has 0 radical (unpaired) electrons. The van der Waals surface area contributed by atoms with E-state index in [4.69, 9.17) is 0 Å². The zero-order valence-electron chi connectivity index (χ0n) is 16.0. The van der Waals surface area contributed by atoms with Crippen molar-refractivity contribution in [2.45, 2.75) is 85.7 Å². The number of likely N-dealkylation sites (tertiary alicyclic amines) is 1. The number of rotatable bonds is 6. The number of amides is 1. The topological polar surface area (TPSA) is 23.6 Å². The van der Waals surface area contributed by atoms with Gasteiger partial charge in [0.1, 0.15) is 0 Å². The fourth-order valence-corrected chi connectivity index (χ4v) is 3.65. The second-order valence-corrected chi connectivity index (χ2v) is 8.42. The number of carbonyl (C=O) groups excluding carboxylic acids is 1.